The van der Waals surface area contributed by atoms with Crippen molar-refractivity contribution >= 4 is 17.6 Å². The van der Waals surface area contributed by atoms with E-state index < -0.39 is 0 Å². The van der Waals surface area contributed by atoms with Gasteiger partial charge in [0.05, 0.1) is 5.69 Å². The lowest BCUT2D eigenvalue weighted by Crippen LogP contribution is -1.88. The maximum atomic E-state index is 5.55. The molecule has 0 aliphatic heterocycles. The Morgan fingerprint density at radius 2 is 1.95 bits per heavy atom. The van der Waals surface area contributed by atoms with Gasteiger partial charge in [0, 0.05) is 22.4 Å². The fraction of sp³-hybridized carbons (Fsp3) is 0.0667. The lowest BCUT2D eigenvalue weighted by Gasteiger charge is -1.98. The van der Waals surface area contributed by atoms with Gasteiger partial charge >= 0.3 is 0 Å². The molecule has 3 rings (SSSR count). The normalized spacial score (nSPS) is 10.6. The monoisotopic (exact) mass is 283 g/mol. The van der Waals surface area contributed by atoms with Gasteiger partial charge in [-0.3, -0.25) is 0 Å². The molecule has 2 heterocycles. The quantitative estimate of drug-likeness (QED) is 0.741. The number of benzene rings is 1. The third kappa shape index (κ3) is 3.00. The van der Waals surface area contributed by atoms with Crippen molar-refractivity contribution in [1.82, 2.24) is 9.97 Å². The number of nitrogen functional groups attached to an aromatic ring is 1. The van der Waals surface area contributed by atoms with Gasteiger partial charge in [-0.25, -0.2) is 9.97 Å². The zero-order valence-corrected chi connectivity index (χ0v) is 11.5. The summed E-state index contributed by atoms with van der Waals surface area (Å²) in [6.45, 7) is 0. The number of nitrogens with zero attached hydrogens (tertiary/aromatic N) is 2. The highest BCUT2D eigenvalue weighted by atomic mass is 32.2. The minimum absolute atomic E-state index is 0.530. The molecular weight excluding hydrogens is 270 g/mol. The molecule has 0 bridgehead atoms. The van der Waals surface area contributed by atoms with E-state index in [4.69, 9.17) is 10.2 Å². The molecule has 0 amide bonds. The number of oxazole rings is 1. The molecule has 0 saturated heterocycles. The maximum absolute atomic E-state index is 5.55. The number of nitrogens with two attached hydrogens (primary N) is 1. The first-order valence-electron chi connectivity index (χ1n) is 6.15. The van der Waals surface area contributed by atoms with Crippen LogP contribution >= 0.6 is 11.8 Å². The number of thioether (sulfide) groups is 1. The Kier molecular flexibility index (Phi) is 3.69. The topological polar surface area (TPSA) is 64.9 Å². The summed E-state index contributed by atoms with van der Waals surface area (Å²) in [6, 6.07) is 13.6. The molecule has 0 unspecified atom stereocenters. The number of rotatable bonds is 4. The highest BCUT2D eigenvalue weighted by Crippen LogP contribution is 2.24. The molecule has 0 spiro atoms. The molecular formula is C15H13N3OS. The van der Waals surface area contributed by atoms with Crippen molar-refractivity contribution in [3.63, 3.8) is 0 Å². The molecule has 4 nitrogen and oxygen atoms in total. The second kappa shape index (κ2) is 5.79. The molecule has 2 aromatic heterocycles. The maximum Gasteiger partial charge on any atom is 0.226 e. The van der Waals surface area contributed by atoms with E-state index in [1.54, 1.807) is 30.3 Å². The smallest absolute Gasteiger partial charge is 0.226 e. The fourth-order valence-corrected chi connectivity index (χ4v) is 2.46. The lowest BCUT2D eigenvalue weighted by atomic mass is 10.2. The van der Waals surface area contributed by atoms with Gasteiger partial charge in [0.1, 0.15) is 12.1 Å². The number of anilines is 1. The molecule has 1 aromatic carbocycles. The number of aromatic nitrogens is 2. The summed E-state index contributed by atoms with van der Waals surface area (Å²) >= 11 is 1.65. The Morgan fingerprint density at radius 1 is 1.10 bits per heavy atom. The van der Waals surface area contributed by atoms with Gasteiger partial charge in [0.25, 0.3) is 0 Å². The van der Waals surface area contributed by atoms with Crippen LogP contribution in [0, 0.1) is 0 Å². The molecule has 0 saturated carbocycles. The van der Waals surface area contributed by atoms with Gasteiger partial charge < -0.3 is 10.2 Å². The summed E-state index contributed by atoms with van der Waals surface area (Å²) in [6.07, 6.45) is 3.46. The van der Waals surface area contributed by atoms with Crippen LogP contribution in [0.1, 0.15) is 5.69 Å². The van der Waals surface area contributed by atoms with Gasteiger partial charge in [-0.2, -0.15) is 0 Å². The molecule has 100 valence electrons. The van der Waals surface area contributed by atoms with Crippen molar-refractivity contribution in [2.75, 3.05) is 5.73 Å². The van der Waals surface area contributed by atoms with Crippen LogP contribution in [0.3, 0.4) is 0 Å². The third-order valence-corrected chi connectivity index (χ3v) is 3.73. The largest absolute Gasteiger partial charge is 0.444 e. The van der Waals surface area contributed by atoms with Crippen LogP contribution in [0.2, 0.25) is 0 Å². The van der Waals surface area contributed by atoms with Crippen LogP contribution in [-0.4, -0.2) is 9.97 Å². The summed E-state index contributed by atoms with van der Waals surface area (Å²) in [5, 5.41) is 0. The van der Waals surface area contributed by atoms with Gasteiger partial charge in [-0.05, 0) is 24.3 Å². The van der Waals surface area contributed by atoms with Gasteiger partial charge in [0.15, 0.2) is 0 Å². The van der Waals surface area contributed by atoms with Crippen LogP contribution < -0.4 is 5.73 Å². The van der Waals surface area contributed by atoms with Crippen LogP contribution in [0.5, 0.6) is 0 Å². The SMILES string of the molecule is Nc1ccc(SCc2coc(-c3ccccc3)n2)cn1. The van der Waals surface area contributed by atoms with Crippen LogP contribution in [0.15, 0.2) is 64.2 Å². The minimum Gasteiger partial charge on any atom is -0.444 e. The first-order chi connectivity index (χ1) is 9.81. The van der Waals surface area contributed by atoms with Crippen molar-refractivity contribution in [3.05, 3.63) is 60.6 Å². The Labute approximate surface area is 121 Å². The summed E-state index contributed by atoms with van der Waals surface area (Å²) in [7, 11) is 0. The lowest BCUT2D eigenvalue weighted by molar-refractivity contribution is 0.573. The van der Waals surface area contributed by atoms with Gasteiger partial charge in [-0.15, -0.1) is 11.8 Å². The molecule has 5 heteroatoms. The molecule has 2 N–H and O–H groups in total. The van der Waals surface area contributed by atoms with E-state index in [1.807, 2.05) is 36.4 Å². The van der Waals surface area contributed by atoms with Crippen molar-refractivity contribution < 1.29 is 4.42 Å². The van der Waals surface area contributed by atoms with E-state index in [0.29, 0.717) is 11.7 Å². The van der Waals surface area contributed by atoms with Crippen LogP contribution in [0.4, 0.5) is 5.82 Å². The van der Waals surface area contributed by atoms with Crippen molar-refractivity contribution in [2.45, 2.75) is 10.6 Å². The molecule has 0 aliphatic carbocycles. The fourth-order valence-electron chi connectivity index (χ4n) is 1.72. The number of hydrogen-bond acceptors (Lipinski definition) is 5. The summed E-state index contributed by atoms with van der Waals surface area (Å²) in [5.74, 6) is 1.92. The van der Waals surface area contributed by atoms with Gasteiger partial charge in [-0.1, -0.05) is 18.2 Å². The van der Waals surface area contributed by atoms with Crippen LogP contribution in [-0.2, 0) is 5.75 Å². The minimum atomic E-state index is 0.530. The standard InChI is InChI=1S/C15H13N3OS/c16-14-7-6-13(8-17-14)20-10-12-9-19-15(18-12)11-4-2-1-3-5-11/h1-9H,10H2,(H2,16,17). The predicted molar refractivity (Wildman–Crippen MR) is 80.1 cm³/mol. The van der Waals surface area contributed by atoms with E-state index in [1.165, 1.54) is 0 Å². The molecule has 3 aromatic rings. The van der Waals surface area contributed by atoms with Crippen molar-refractivity contribution in [2.24, 2.45) is 0 Å². The Balaban J connectivity index is 1.67. The zero-order valence-electron chi connectivity index (χ0n) is 10.7. The third-order valence-electron chi connectivity index (χ3n) is 2.72. The molecule has 20 heavy (non-hydrogen) atoms. The first-order valence-corrected chi connectivity index (χ1v) is 7.14. The number of hydrogen-bond donors (Lipinski definition) is 1. The van der Waals surface area contributed by atoms with E-state index in [-0.39, 0.29) is 0 Å². The molecule has 0 fully saturated rings. The summed E-state index contributed by atoms with van der Waals surface area (Å²) < 4.78 is 5.50. The van der Waals surface area contributed by atoms with Crippen LogP contribution in [0.25, 0.3) is 11.5 Å². The highest BCUT2D eigenvalue weighted by Gasteiger charge is 2.06. The van der Waals surface area contributed by atoms with Crippen molar-refractivity contribution in [3.8, 4) is 11.5 Å². The summed E-state index contributed by atoms with van der Waals surface area (Å²) in [5.41, 5.74) is 7.45. The predicted octanol–water partition coefficient (Wildman–Crippen LogP) is 3.61. The van der Waals surface area contributed by atoms with E-state index in [0.717, 1.165) is 21.9 Å². The Bertz CT molecular complexity index is 680. The number of pyridine rings is 1. The Hall–Kier alpha value is -2.27. The van der Waals surface area contributed by atoms with E-state index in [2.05, 4.69) is 9.97 Å². The average Bonchev–Trinajstić information content (AvgIpc) is 2.97. The molecule has 0 radical (unpaired) electrons. The Morgan fingerprint density at radius 3 is 2.70 bits per heavy atom. The van der Waals surface area contributed by atoms with Gasteiger partial charge in [0.2, 0.25) is 5.89 Å². The van der Waals surface area contributed by atoms with E-state index >= 15 is 0 Å². The highest BCUT2D eigenvalue weighted by molar-refractivity contribution is 7.98. The molecule has 0 aliphatic rings. The second-order valence-corrected chi connectivity index (χ2v) is 5.27. The molecule has 0 atom stereocenters. The van der Waals surface area contributed by atoms with E-state index in [9.17, 15) is 0 Å². The van der Waals surface area contributed by atoms with Crippen molar-refractivity contribution in [1.29, 1.82) is 0 Å². The zero-order chi connectivity index (χ0) is 13.8. The second-order valence-electron chi connectivity index (χ2n) is 4.22. The summed E-state index contributed by atoms with van der Waals surface area (Å²) in [4.78, 5) is 9.60. The first kappa shape index (κ1) is 12.7. The average molecular weight is 283 g/mol.